The average Bonchev–Trinajstić information content (AvgIpc) is 2.14. The van der Waals surface area contributed by atoms with Gasteiger partial charge in [-0.1, -0.05) is 12.2 Å². The summed E-state index contributed by atoms with van der Waals surface area (Å²) in [5, 5.41) is 0. The molecule has 0 saturated heterocycles. The van der Waals surface area contributed by atoms with E-state index in [0.29, 0.717) is 13.1 Å². The van der Waals surface area contributed by atoms with Crippen LogP contribution in [0.2, 0.25) is 0 Å². The van der Waals surface area contributed by atoms with Crippen molar-refractivity contribution < 1.29 is 14.3 Å². The maximum absolute atomic E-state index is 11.3. The Bertz CT molecular complexity index is 230. The summed E-state index contributed by atoms with van der Waals surface area (Å²) in [5.74, 6) is -0.334. The van der Waals surface area contributed by atoms with Crippen LogP contribution in [0.5, 0.6) is 0 Å². The fourth-order valence-electron chi connectivity index (χ4n) is 0.800. The molecule has 0 fully saturated rings. The number of carbonyl (C=O) groups is 2. The zero-order valence-corrected chi connectivity index (χ0v) is 8.50. The molecule has 78 valence electrons. The van der Waals surface area contributed by atoms with Crippen LogP contribution < -0.4 is 0 Å². The SMILES string of the molecule is C=CCN(CC=C)C(=O)COC(=O)Cl. The Morgan fingerprint density at radius 2 is 1.79 bits per heavy atom. The van der Waals surface area contributed by atoms with Gasteiger partial charge in [-0.05, 0) is 0 Å². The van der Waals surface area contributed by atoms with Crippen LogP contribution in [0.15, 0.2) is 25.3 Å². The molecule has 5 heteroatoms. The van der Waals surface area contributed by atoms with E-state index in [4.69, 9.17) is 11.6 Å². The van der Waals surface area contributed by atoms with Crippen LogP contribution in [0, 0.1) is 0 Å². The second-order valence-corrected chi connectivity index (χ2v) is 2.71. The molecule has 0 rings (SSSR count). The summed E-state index contributed by atoms with van der Waals surface area (Å²) in [4.78, 5) is 23.0. The molecule has 0 aromatic carbocycles. The number of amides is 1. The molecular formula is C9H12ClNO3. The second-order valence-electron chi connectivity index (χ2n) is 2.40. The predicted octanol–water partition coefficient (Wildman–Crippen LogP) is 1.56. The van der Waals surface area contributed by atoms with E-state index in [0.717, 1.165) is 0 Å². The van der Waals surface area contributed by atoms with Gasteiger partial charge in [0.1, 0.15) is 0 Å². The molecule has 0 radical (unpaired) electrons. The molecule has 0 aliphatic rings. The topological polar surface area (TPSA) is 46.6 Å². The summed E-state index contributed by atoms with van der Waals surface area (Å²) < 4.78 is 4.34. The van der Waals surface area contributed by atoms with Gasteiger partial charge in [-0.3, -0.25) is 4.79 Å². The third-order valence-electron chi connectivity index (χ3n) is 1.36. The number of hydrogen-bond acceptors (Lipinski definition) is 3. The molecule has 0 aliphatic carbocycles. The number of halogens is 1. The zero-order chi connectivity index (χ0) is 11.0. The van der Waals surface area contributed by atoms with Crippen molar-refractivity contribution in [3.8, 4) is 0 Å². The van der Waals surface area contributed by atoms with Gasteiger partial charge in [0.15, 0.2) is 6.61 Å². The van der Waals surface area contributed by atoms with E-state index < -0.39 is 5.43 Å². The Morgan fingerprint density at radius 3 is 2.14 bits per heavy atom. The van der Waals surface area contributed by atoms with E-state index in [-0.39, 0.29) is 12.5 Å². The van der Waals surface area contributed by atoms with Crippen molar-refractivity contribution in [3.05, 3.63) is 25.3 Å². The molecule has 0 bridgehead atoms. The molecule has 4 nitrogen and oxygen atoms in total. The van der Waals surface area contributed by atoms with Crippen LogP contribution in [0.4, 0.5) is 4.79 Å². The summed E-state index contributed by atoms with van der Waals surface area (Å²) in [6.07, 6.45) is 3.15. The molecule has 0 heterocycles. The quantitative estimate of drug-likeness (QED) is 0.501. The maximum Gasteiger partial charge on any atom is 0.404 e. The summed E-state index contributed by atoms with van der Waals surface area (Å²) in [6, 6.07) is 0. The van der Waals surface area contributed by atoms with Gasteiger partial charge in [-0.25, -0.2) is 4.79 Å². The van der Waals surface area contributed by atoms with Crippen LogP contribution in [0.25, 0.3) is 0 Å². The van der Waals surface area contributed by atoms with Crippen molar-refractivity contribution in [1.29, 1.82) is 0 Å². The van der Waals surface area contributed by atoms with E-state index >= 15 is 0 Å². The first-order chi connectivity index (χ1) is 6.61. The van der Waals surface area contributed by atoms with E-state index in [2.05, 4.69) is 17.9 Å². The van der Waals surface area contributed by atoms with Gasteiger partial charge in [0.05, 0.1) is 0 Å². The minimum absolute atomic E-state index is 0.334. The Kier molecular flexibility index (Phi) is 6.49. The standard InChI is InChI=1S/C9H12ClNO3/c1-3-5-11(6-4-2)8(12)7-14-9(10)13/h3-4H,1-2,5-7H2. The maximum atomic E-state index is 11.3. The van der Waals surface area contributed by atoms with Crippen molar-refractivity contribution in [1.82, 2.24) is 4.90 Å². The van der Waals surface area contributed by atoms with Crippen LogP contribution in [-0.4, -0.2) is 35.9 Å². The third kappa shape index (κ3) is 5.37. The van der Waals surface area contributed by atoms with Crippen LogP contribution in [-0.2, 0) is 9.53 Å². The lowest BCUT2D eigenvalue weighted by molar-refractivity contribution is -0.133. The molecule has 0 spiro atoms. The van der Waals surface area contributed by atoms with E-state index in [9.17, 15) is 9.59 Å². The Balaban J connectivity index is 4.06. The van der Waals surface area contributed by atoms with Gasteiger partial charge in [0, 0.05) is 24.7 Å². The molecule has 0 unspecified atom stereocenters. The highest BCUT2D eigenvalue weighted by Crippen LogP contribution is 1.94. The van der Waals surface area contributed by atoms with Crippen LogP contribution >= 0.6 is 11.6 Å². The Hall–Kier alpha value is -1.29. The highest BCUT2D eigenvalue weighted by molar-refractivity contribution is 6.61. The lowest BCUT2D eigenvalue weighted by atomic mass is 10.4. The molecule has 0 saturated carbocycles. The molecule has 0 atom stereocenters. The number of ether oxygens (including phenoxy) is 1. The fourth-order valence-corrected chi connectivity index (χ4v) is 0.854. The second kappa shape index (κ2) is 7.15. The first-order valence-electron chi connectivity index (χ1n) is 3.93. The summed E-state index contributed by atoms with van der Waals surface area (Å²) in [7, 11) is 0. The third-order valence-corrected chi connectivity index (χ3v) is 1.47. The van der Waals surface area contributed by atoms with Gasteiger partial charge in [-0.2, -0.15) is 0 Å². The highest BCUT2D eigenvalue weighted by Gasteiger charge is 2.11. The van der Waals surface area contributed by atoms with Gasteiger partial charge in [0.25, 0.3) is 5.91 Å². The van der Waals surface area contributed by atoms with Crippen LogP contribution in [0.1, 0.15) is 0 Å². The molecular weight excluding hydrogens is 206 g/mol. The first-order valence-corrected chi connectivity index (χ1v) is 4.31. The van der Waals surface area contributed by atoms with Crippen LogP contribution in [0.3, 0.4) is 0 Å². The highest BCUT2D eigenvalue weighted by atomic mass is 35.5. The fraction of sp³-hybridized carbons (Fsp3) is 0.333. The largest absolute Gasteiger partial charge is 0.444 e. The molecule has 1 amide bonds. The van der Waals surface area contributed by atoms with Gasteiger partial charge >= 0.3 is 5.43 Å². The lowest BCUT2D eigenvalue weighted by Crippen LogP contribution is -2.34. The predicted molar refractivity (Wildman–Crippen MR) is 54.2 cm³/mol. The minimum atomic E-state index is -0.990. The normalized spacial score (nSPS) is 8.93. The Morgan fingerprint density at radius 1 is 1.29 bits per heavy atom. The summed E-state index contributed by atoms with van der Waals surface area (Å²) in [6.45, 7) is 7.40. The monoisotopic (exact) mass is 217 g/mol. The minimum Gasteiger partial charge on any atom is -0.444 e. The van der Waals surface area contributed by atoms with E-state index in [1.807, 2.05) is 0 Å². The average molecular weight is 218 g/mol. The smallest absolute Gasteiger partial charge is 0.404 e. The van der Waals surface area contributed by atoms with Crippen molar-refractivity contribution in [2.24, 2.45) is 0 Å². The van der Waals surface area contributed by atoms with Gasteiger partial charge in [-0.15, -0.1) is 13.2 Å². The zero-order valence-electron chi connectivity index (χ0n) is 7.74. The number of hydrogen-bond donors (Lipinski definition) is 0. The summed E-state index contributed by atoms with van der Waals surface area (Å²) >= 11 is 4.91. The number of carbonyl (C=O) groups excluding carboxylic acids is 2. The summed E-state index contributed by atoms with van der Waals surface area (Å²) in [5.41, 5.74) is -0.990. The van der Waals surface area contributed by atoms with Crippen molar-refractivity contribution in [3.63, 3.8) is 0 Å². The molecule has 14 heavy (non-hydrogen) atoms. The van der Waals surface area contributed by atoms with Crippen molar-refractivity contribution in [2.75, 3.05) is 19.7 Å². The molecule has 0 aromatic heterocycles. The number of nitrogens with zero attached hydrogens (tertiary/aromatic N) is 1. The van der Waals surface area contributed by atoms with Gasteiger partial charge < -0.3 is 9.64 Å². The van der Waals surface area contributed by atoms with Crippen molar-refractivity contribution in [2.45, 2.75) is 0 Å². The lowest BCUT2D eigenvalue weighted by Gasteiger charge is -2.18. The first kappa shape index (κ1) is 12.7. The van der Waals surface area contributed by atoms with Gasteiger partial charge in [0.2, 0.25) is 0 Å². The van der Waals surface area contributed by atoms with E-state index in [1.54, 1.807) is 12.2 Å². The van der Waals surface area contributed by atoms with E-state index in [1.165, 1.54) is 4.90 Å². The molecule has 0 aliphatic heterocycles. The Labute approximate surface area is 87.8 Å². The van der Waals surface area contributed by atoms with Crippen molar-refractivity contribution >= 4 is 22.9 Å². The molecule has 0 aromatic rings. The number of rotatable bonds is 6. The molecule has 0 N–H and O–H groups in total.